The van der Waals surface area contributed by atoms with Gasteiger partial charge in [0.1, 0.15) is 33.8 Å². The molecule has 16 heteroatoms. The zero-order chi connectivity index (χ0) is 42.4. The minimum Gasteiger partial charge on any atom is -0.468 e. The summed E-state index contributed by atoms with van der Waals surface area (Å²) in [5, 5.41) is 14.7. The van der Waals surface area contributed by atoms with E-state index in [-0.39, 0.29) is 0 Å². The number of nitrogens with two attached hydrogens (primary N) is 1. The van der Waals surface area contributed by atoms with Crippen molar-refractivity contribution in [3.05, 3.63) is 179 Å². The summed E-state index contributed by atoms with van der Waals surface area (Å²) in [5.41, 5.74) is 14.7. The van der Waals surface area contributed by atoms with Crippen LogP contribution in [0, 0.1) is 0 Å². The van der Waals surface area contributed by atoms with Gasteiger partial charge < -0.3 is 43.7 Å². The van der Waals surface area contributed by atoms with E-state index < -0.39 is 0 Å². The van der Waals surface area contributed by atoms with Gasteiger partial charge in [0.2, 0.25) is 0 Å². The molecule has 11 rings (SSSR count). The summed E-state index contributed by atoms with van der Waals surface area (Å²) >= 11 is 6.83. The van der Waals surface area contributed by atoms with Crippen LogP contribution in [0.5, 0.6) is 0 Å². The highest BCUT2D eigenvalue weighted by molar-refractivity contribution is 9.11. The molecule has 0 atom stereocenters. The molecule has 4 aromatic carbocycles. The summed E-state index contributed by atoms with van der Waals surface area (Å²) < 4.78 is 21.5. The van der Waals surface area contributed by atoms with E-state index >= 15 is 0 Å². The average Bonchev–Trinajstić information content (AvgIpc) is 4.14. The average molecular weight is 946 g/mol. The van der Waals surface area contributed by atoms with Crippen LogP contribution in [0.2, 0.25) is 0 Å². The number of hydrogen-bond donors (Lipinski definition) is 5. The van der Waals surface area contributed by atoms with Crippen molar-refractivity contribution in [2.24, 2.45) is 19.8 Å². The Morgan fingerprint density at radius 1 is 0.590 bits per heavy atom. The molecule has 0 aliphatic heterocycles. The van der Waals surface area contributed by atoms with Crippen molar-refractivity contribution in [1.82, 2.24) is 39.3 Å². The van der Waals surface area contributed by atoms with Gasteiger partial charge >= 0.3 is 0 Å². The molecular weight excluding hydrogens is 902 g/mol. The smallest absolute Gasteiger partial charge is 0.122 e. The molecule has 0 amide bonds. The first-order valence-corrected chi connectivity index (χ1v) is 20.7. The summed E-state index contributed by atoms with van der Waals surface area (Å²) in [6.07, 6.45) is 12.1. The maximum absolute atomic E-state index is 5.28. The first-order valence-electron chi connectivity index (χ1n) is 19.1. The fourth-order valence-corrected chi connectivity index (χ4v) is 7.02. The van der Waals surface area contributed by atoms with E-state index in [2.05, 4.69) is 78.7 Å². The molecule has 0 bridgehead atoms. The molecule has 7 aromatic heterocycles. The molecule has 0 spiro atoms. The Labute approximate surface area is 367 Å². The molecule has 6 N–H and O–H groups in total. The van der Waals surface area contributed by atoms with Crippen LogP contribution < -0.4 is 16.4 Å². The number of H-pyrrole nitrogens is 2. The van der Waals surface area contributed by atoms with Gasteiger partial charge in [-0.05, 0) is 117 Å². The lowest BCUT2D eigenvalue weighted by Gasteiger charge is -2.05. The number of nitrogens with one attached hydrogen (secondary N) is 4. The van der Waals surface area contributed by atoms with Crippen molar-refractivity contribution in [2.45, 2.75) is 19.6 Å². The number of imidazole rings is 3. The molecule has 0 fully saturated rings. The quantitative estimate of drug-likeness (QED) is 0.103. The lowest BCUT2D eigenvalue weighted by molar-refractivity contribution is 0.512. The van der Waals surface area contributed by atoms with Gasteiger partial charge in [-0.1, -0.05) is 24.3 Å². The molecular formula is C45H43Br2N11O3. The van der Waals surface area contributed by atoms with Crippen molar-refractivity contribution in [1.29, 1.82) is 0 Å². The minimum atomic E-state index is 0.493. The Morgan fingerprint density at radius 3 is 1.74 bits per heavy atom. The molecule has 14 nitrogen and oxygen atoms in total. The molecule has 310 valence electrons. The molecule has 0 saturated heterocycles. The summed E-state index contributed by atoms with van der Waals surface area (Å²) in [4.78, 5) is 15.8. The van der Waals surface area contributed by atoms with Crippen LogP contribution in [0.25, 0.3) is 44.0 Å². The van der Waals surface area contributed by atoms with Crippen LogP contribution >= 0.6 is 31.9 Å². The fourth-order valence-electron chi connectivity index (χ4n) is 6.10. The van der Waals surface area contributed by atoms with Crippen molar-refractivity contribution in [3.63, 3.8) is 0 Å². The number of benzene rings is 4. The Morgan fingerprint density at radius 2 is 1.13 bits per heavy atom. The van der Waals surface area contributed by atoms with Gasteiger partial charge in [0, 0.05) is 34.1 Å². The number of hydrogen-bond acceptors (Lipinski definition) is 10. The predicted octanol–water partition coefficient (Wildman–Crippen LogP) is 10.9. The second-order valence-corrected chi connectivity index (χ2v) is 15.0. The normalized spacial score (nSPS) is 10.6. The van der Waals surface area contributed by atoms with Crippen LogP contribution in [0.1, 0.15) is 17.3 Å². The summed E-state index contributed by atoms with van der Waals surface area (Å²) in [6, 6.07) is 35.5. The molecule has 61 heavy (non-hydrogen) atoms. The van der Waals surface area contributed by atoms with Gasteiger partial charge in [0.05, 0.1) is 91.4 Å². The highest BCUT2D eigenvalue weighted by Gasteiger charge is 2.06. The third kappa shape index (κ3) is 11.0. The number of fused-ring (bicyclic) bond motifs is 4. The predicted molar refractivity (Wildman–Crippen MR) is 248 cm³/mol. The Hall–Kier alpha value is -6.88. The third-order valence-electron chi connectivity index (χ3n) is 9.19. The number of nitrogens with zero attached hydrogens (tertiary/aromatic N) is 6. The van der Waals surface area contributed by atoms with E-state index in [0.717, 1.165) is 81.6 Å². The maximum atomic E-state index is 5.28. The first kappa shape index (κ1) is 42.3. The zero-order valence-corrected chi connectivity index (χ0v) is 36.5. The molecule has 0 radical (unpaired) electrons. The second-order valence-electron chi connectivity index (χ2n) is 13.3. The molecule has 0 aliphatic carbocycles. The topological polar surface area (TPSA) is 182 Å². The highest BCUT2D eigenvalue weighted by atomic mass is 79.9. The Bertz CT molecular complexity index is 2990. The fraction of sp³-hybridized carbons (Fsp3) is 0.111. The van der Waals surface area contributed by atoms with Crippen molar-refractivity contribution in [2.75, 3.05) is 10.6 Å². The monoisotopic (exact) mass is 943 g/mol. The van der Waals surface area contributed by atoms with Crippen molar-refractivity contribution < 1.29 is 13.3 Å². The number of furan rings is 3. The molecule has 0 aliphatic rings. The van der Waals surface area contributed by atoms with Gasteiger partial charge in [0.15, 0.2) is 0 Å². The van der Waals surface area contributed by atoms with Gasteiger partial charge in [-0.25, -0.2) is 15.0 Å². The highest BCUT2D eigenvalue weighted by Crippen LogP contribution is 2.24. The number of anilines is 2. The van der Waals surface area contributed by atoms with Crippen LogP contribution in [0.3, 0.4) is 0 Å². The van der Waals surface area contributed by atoms with E-state index in [1.165, 1.54) is 0 Å². The van der Waals surface area contributed by atoms with Crippen molar-refractivity contribution in [3.8, 4) is 0 Å². The minimum absolute atomic E-state index is 0.493. The summed E-state index contributed by atoms with van der Waals surface area (Å²) in [6.45, 7) is 1.84. The SMILES string of the molecule is Brc1cccc2[nH]cnc12.Cn1cnc2c(Br)cccc21.Cn1cnc2c(NCc3ccco3)cccc21.NCc1ccco1.c1coc(CNc2cccc3[nH]ncc23)c1. The van der Waals surface area contributed by atoms with Gasteiger partial charge in [0.25, 0.3) is 0 Å². The van der Waals surface area contributed by atoms with E-state index in [1.807, 2.05) is 145 Å². The molecule has 0 saturated carbocycles. The number of para-hydroxylation sites is 3. The summed E-state index contributed by atoms with van der Waals surface area (Å²) in [7, 11) is 3.98. The number of halogens is 2. The molecule has 11 aromatic rings. The van der Waals surface area contributed by atoms with E-state index in [4.69, 9.17) is 19.0 Å². The Balaban J connectivity index is 0.000000119. The maximum Gasteiger partial charge on any atom is 0.122 e. The number of aryl methyl sites for hydroxylation is 2. The van der Waals surface area contributed by atoms with E-state index in [9.17, 15) is 0 Å². The number of rotatable bonds is 7. The largest absolute Gasteiger partial charge is 0.468 e. The standard InChI is InChI=1S/C13H13N3O.C12H11N3O.C8H7BrN2.C7H5BrN2.C5H7NO/c1-16-9-15-13-11(5-2-6-12(13)16)14-8-10-4-3-7-17-10;1-4-11(10-8-14-15-12(10)5-1)13-7-9-3-2-6-16-9;1-11-5-10-8-6(9)3-2-4-7(8)11;8-5-2-1-3-6-7(5)10-4-9-6;6-4-5-2-1-3-7-5/h2-7,9,14H,8H2,1H3;1-6,8,13H,7H2,(H,14,15);2-5H,1H3;1-4H,(H,9,10);1-3H,4,6H2. The zero-order valence-electron chi connectivity index (χ0n) is 33.3. The summed E-state index contributed by atoms with van der Waals surface area (Å²) in [5.74, 6) is 2.67. The van der Waals surface area contributed by atoms with Gasteiger partial charge in [-0.2, -0.15) is 5.10 Å². The van der Waals surface area contributed by atoms with E-state index in [0.29, 0.717) is 19.6 Å². The van der Waals surface area contributed by atoms with Gasteiger partial charge in [-0.15, -0.1) is 0 Å². The lowest BCUT2D eigenvalue weighted by Crippen LogP contribution is -1.98. The molecule has 7 heterocycles. The van der Waals surface area contributed by atoms with Crippen LogP contribution in [0.15, 0.2) is 175 Å². The third-order valence-corrected chi connectivity index (χ3v) is 10.5. The Kier molecular flexibility index (Phi) is 14.5. The molecule has 0 unspecified atom stereocenters. The van der Waals surface area contributed by atoms with Crippen LogP contribution in [-0.4, -0.2) is 39.3 Å². The van der Waals surface area contributed by atoms with Gasteiger partial charge in [-0.3, -0.25) is 5.10 Å². The first-order chi connectivity index (χ1) is 29.9. The van der Waals surface area contributed by atoms with Crippen LogP contribution in [-0.2, 0) is 33.7 Å². The number of aromatic nitrogens is 8. The van der Waals surface area contributed by atoms with E-state index in [1.54, 1.807) is 25.1 Å². The number of aromatic amines is 2. The second kappa shape index (κ2) is 20.9. The lowest BCUT2D eigenvalue weighted by atomic mass is 10.2. The van der Waals surface area contributed by atoms with Crippen LogP contribution in [0.4, 0.5) is 11.4 Å². The van der Waals surface area contributed by atoms with Crippen molar-refractivity contribution >= 4 is 87.2 Å².